The van der Waals surface area contributed by atoms with Crippen molar-refractivity contribution in [3.8, 4) is 0 Å². The highest BCUT2D eigenvalue weighted by Crippen LogP contribution is 2.34. The number of fused-ring (bicyclic) bond motifs is 1. The molecule has 2 saturated heterocycles. The summed E-state index contributed by atoms with van der Waals surface area (Å²) in [6.07, 6.45) is 0.984. The van der Waals surface area contributed by atoms with E-state index in [1.165, 1.54) is 0 Å². The molecule has 0 radical (unpaired) electrons. The van der Waals surface area contributed by atoms with Gasteiger partial charge in [-0.1, -0.05) is 30.1 Å². The molecule has 3 rings (SSSR count). The quantitative estimate of drug-likeness (QED) is 0.873. The maximum Gasteiger partial charge on any atom is 0.322 e. The molecule has 2 aliphatic rings. The van der Waals surface area contributed by atoms with Crippen molar-refractivity contribution >= 4 is 34.9 Å². The number of rotatable bonds is 2. The van der Waals surface area contributed by atoms with Crippen molar-refractivity contribution in [2.24, 2.45) is 11.8 Å². The lowest BCUT2D eigenvalue weighted by atomic mass is 9.93. The molecule has 0 bridgehead atoms. The van der Waals surface area contributed by atoms with Gasteiger partial charge in [-0.3, -0.25) is 0 Å². The maximum atomic E-state index is 12.5. The van der Waals surface area contributed by atoms with Crippen LogP contribution in [0.25, 0.3) is 0 Å². The minimum absolute atomic E-state index is 0.0466. The van der Waals surface area contributed by atoms with E-state index in [9.17, 15) is 4.79 Å². The number of urea groups is 1. The molecule has 2 heterocycles. The molecule has 0 saturated carbocycles. The second kappa shape index (κ2) is 6.03. The third-order valence-electron chi connectivity index (χ3n) is 4.57. The van der Waals surface area contributed by atoms with E-state index >= 15 is 0 Å². The van der Waals surface area contributed by atoms with Crippen molar-refractivity contribution in [2.75, 3.05) is 25.0 Å². The molecule has 3 unspecified atom stereocenters. The predicted molar refractivity (Wildman–Crippen MR) is 86.1 cm³/mol. The van der Waals surface area contributed by atoms with Gasteiger partial charge in [-0.05, 0) is 36.5 Å². The largest absolute Gasteiger partial charge is 0.322 e. The number of hydrogen-bond acceptors (Lipinski definition) is 2. The van der Waals surface area contributed by atoms with E-state index in [0.717, 1.165) is 26.1 Å². The Morgan fingerprint density at radius 3 is 2.90 bits per heavy atom. The molecule has 2 amide bonds. The van der Waals surface area contributed by atoms with Crippen LogP contribution >= 0.6 is 23.2 Å². The van der Waals surface area contributed by atoms with Crippen LogP contribution in [0.1, 0.15) is 13.3 Å². The molecule has 0 spiro atoms. The summed E-state index contributed by atoms with van der Waals surface area (Å²) in [6.45, 7) is 4.99. The van der Waals surface area contributed by atoms with Crippen molar-refractivity contribution in [3.05, 3.63) is 28.2 Å². The van der Waals surface area contributed by atoms with Gasteiger partial charge in [-0.25, -0.2) is 4.79 Å². The molecule has 2 fully saturated rings. The highest BCUT2D eigenvalue weighted by molar-refractivity contribution is 6.42. The number of halogens is 2. The number of nitrogens with one attached hydrogen (secondary N) is 2. The minimum atomic E-state index is -0.0466. The SMILES string of the molecule is CCC1C2CNCC2CN1C(=O)Nc1ccc(Cl)c(Cl)c1. The van der Waals surface area contributed by atoms with Crippen LogP contribution in [0.3, 0.4) is 0 Å². The molecule has 0 aliphatic carbocycles. The van der Waals surface area contributed by atoms with Crippen molar-refractivity contribution in [3.63, 3.8) is 0 Å². The summed E-state index contributed by atoms with van der Waals surface area (Å²) < 4.78 is 0. The van der Waals surface area contributed by atoms with E-state index in [0.29, 0.717) is 33.6 Å². The third kappa shape index (κ3) is 2.85. The van der Waals surface area contributed by atoms with E-state index < -0.39 is 0 Å². The van der Waals surface area contributed by atoms with Gasteiger partial charge in [0.05, 0.1) is 10.0 Å². The zero-order valence-electron chi connectivity index (χ0n) is 11.9. The standard InChI is InChI=1S/C15H19Cl2N3O/c1-2-14-11-7-18-6-9(11)8-20(14)15(21)19-10-3-4-12(16)13(17)5-10/h3-5,9,11,14,18H,2,6-8H2,1H3,(H,19,21). The van der Waals surface area contributed by atoms with Crippen LogP contribution < -0.4 is 10.6 Å². The normalized spacial score (nSPS) is 27.8. The van der Waals surface area contributed by atoms with Crippen molar-refractivity contribution in [1.29, 1.82) is 0 Å². The van der Waals surface area contributed by atoms with Crippen LogP contribution in [-0.2, 0) is 0 Å². The molecule has 1 aromatic carbocycles. The van der Waals surface area contributed by atoms with Gasteiger partial charge in [0.25, 0.3) is 0 Å². The molecular weight excluding hydrogens is 309 g/mol. The molecule has 3 atom stereocenters. The van der Waals surface area contributed by atoms with Gasteiger partial charge >= 0.3 is 6.03 Å². The van der Waals surface area contributed by atoms with Crippen LogP contribution in [0.4, 0.5) is 10.5 Å². The van der Waals surface area contributed by atoms with Crippen LogP contribution in [0.15, 0.2) is 18.2 Å². The smallest absolute Gasteiger partial charge is 0.321 e. The summed E-state index contributed by atoms with van der Waals surface area (Å²) >= 11 is 11.9. The van der Waals surface area contributed by atoms with Gasteiger partial charge in [-0.15, -0.1) is 0 Å². The first-order valence-electron chi connectivity index (χ1n) is 7.33. The zero-order valence-corrected chi connectivity index (χ0v) is 13.4. The lowest BCUT2D eigenvalue weighted by Crippen LogP contribution is -2.42. The van der Waals surface area contributed by atoms with E-state index in [4.69, 9.17) is 23.2 Å². The van der Waals surface area contributed by atoms with Crippen molar-refractivity contribution in [2.45, 2.75) is 19.4 Å². The van der Waals surface area contributed by atoms with E-state index in [1.54, 1.807) is 18.2 Å². The summed E-state index contributed by atoms with van der Waals surface area (Å²) in [5.74, 6) is 1.16. The Hall–Kier alpha value is -0.970. The van der Waals surface area contributed by atoms with Gasteiger partial charge in [-0.2, -0.15) is 0 Å². The average Bonchev–Trinajstić information content (AvgIpc) is 3.02. The van der Waals surface area contributed by atoms with Crippen molar-refractivity contribution in [1.82, 2.24) is 10.2 Å². The molecule has 2 N–H and O–H groups in total. The van der Waals surface area contributed by atoms with Gasteiger partial charge < -0.3 is 15.5 Å². The highest BCUT2D eigenvalue weighted by Gasteiger charge is 2.45. The zero-order chi connectivity index (χ0) is 15.0. The Bertz CT molecular complexity index is 552. The van der Waals surface area contributed by atoms with E-state index in [-0.39, 0.29) is 6.03 Å². The fourth-order valence-electron chi connectivity index (χ4n) is 3.55. The second-order valence-electron chi connectivity index (χ2n) is 5.77. The Morgan fingerprint density at radius 2 is 2.19 bits per heavy atom. The first-order chi connectivity index (χ1) is 10.1. The first kappa shape index (κ1) is 14.9. The average molecular weight is 328 g/mol. The number of carbonyl (C=O) groups excluding carboxylic acids is 1. The lowest BCUT2D eigenvalue weighted by molar-refractivity contribution is 0.196. The van der Waals surface area contributed by atoms with E-state index in [2.05, 4.69) is 17.6 Å². The monoisotopic (exact) mass is 327 g/mol. The Kier molecular flexibility index (Phi) is 4.29. The van der Waals surface area contributed by atoms with Crippen LogP contribution in [0.5, 0.6) is 0 Å². The lowest BCUT2D eigenvalue weighted by Gasteiger charge is -2.27. The van der Waals surface area contributed by atoms with Crippen LogP contribution in [0.2, 0.25) is 10.0 Å². The molecule has 4 nitrogen and oxygen atoms in total. The molecule has 2 aliphatic heterocycles. The van der Waals surface area contributed by atoms with Crippen LogP contribution in [0, 0.1) is 11.8 Å². The maximum absolute atomic E-state index is 12.5. The summed E-state index contributed by atoms with van der Waals surface area (Å²) in [4.78, 5) is 14.5. The van der Waals surface area contributed by atoms with Gasteiger partial charge in [0.15, 0.2) is 0 Å². The van der Waals surface area contributed by atoms with Crippen LogP contribution in [-0.4, -0.2) is 36.6 Å². The predicted octanol–water partition coefficient (Wildman–Crippen LogP) is 3.46. The number of amides is 2. The van der Waals surface area contributed by atoms with E-state index in [1.807, 2.05) is 4.90 Å². The summed E-state index contributed by atoms with van der Waals surface area (Å²) in [7, 11) is 0. The number of likely N-dealkylation sites (tertiary alicyclic amines) is 1. The van der Waals surface area contributed by atoms with Gasteiger partial charge in [0.1, 0.15) is 0 Å². The third-order valence-corrected chi connectivity index (χ3v) is 5.31. The molecule has 1 aromatic rings. The number of hydrogen-bond donors (Lipinski definition) is 2. The Morgan fingerprint density at radius 1 is 1.38 bits per heavy atom. The number of carbonyl (C=O) groups is 1. The topological polar surface area (TPSA) is 44.4 Å². The highest BCUT2D eigenvalue weighted by atomic mass is 35.5. The summed E-state index contributed by atoms with van der Waals surface area (Å²) in [5.41, 5.74) is 0.680. The number of benzene rings is 1. The van der Waals surface area contributed by atoms with Gasteiger partial charge in [0.2, 0.25) is 0 Å². The molecular formula is C15H19Cl2N3O. The number of anilines is 1. The Labute approximate surface area is 134 Å². The summed E-state index contributed by atoms with van der Waals surface area (Å²) in [6, 6.07) is 5.41. The fourth-order valence-corrected chi connectivity index (χ4v) is 3.85. The number of nitrogens with zero attached hydrogens (tertiary/aromatic N) is 1. The van der Waals surface area contributed by atoms with Crippen molar-refractivity contribution < 1.29 is 4.79 Å². The second-order valence-corrected chi connectivity index (χ2v) is 6.58. The molecule has 21 heavy (non-hydrogen) atoms. The minimum Gasteiger partial charge on any atom is -0.321 e. The molecule has 6 heteroatoms. The Balaban J connectivity index is 1.71. The molecule has 0 aromatic heterocycles. The van der Waals surface area contributed by atoms with Gasteiger partial charge in [0, 0.05) is 31.4 Å². The summed E-state index contributed by atoms with van der Waals surface area (Å²) in [5, 5.41) is 7.29. The first-order valence-corrected chi connectivity index (χ1v) is 8.09. The molecule has 114 valence electrons. The fraction of sp³-hybridized carbons (Fsp3) is 0.533.